The van der Waals surface area contributed by atoms with Crippen LogP contribution in [0.1, 0.15) is 44.9 Å². The summed E-state index contributed by atoms with van der Waals surface area (Å²) in [5, 5.41) is 0. The summed E-state index contributed by atoms with van der Waals surface area (Å²) >= 11 is 0. The van der Waals surface area contributed by atoms with Crippen LogP contribution in [-0.4, -0.2) is 49.2 Å². The highest BCUT2D eigenvalue weighted by atomic mass is 19.3. The topological polar surface area (TPSA) is 38.5 Å². The van der Waals surface area contributed by atoms with Crippen molar-refractivity contribution >= 4 is 0 Å². The van der Waals surface area contributed by atoms with Gasteiger partial charge in [0.1, 0.15) is 0 Å². The van der Waals surface area contributed by atoms with Gasteiger partial charge in [-0.3, -0.25) is 4.90 Å². The van der Waals surface area contributed by atoms with Gasteiger partial charge in [-0.25, -0.2) is 8.78 Å². The minimum absolute atomic E-state index is 0.0716. The van der Waals surface area contributed by atoms with Crippen molar-refractivity contribution in [2.24, 2.45) is 5.73 Å². The summed E-state index contributed by atoms with van der Waals surface area (Å²) in [6, 6.07) is 0. The molecule has 0 aromatic heterocycles. The molecule has 19 heavy (non-hydrogen) atoms. The maximum Gasteiger partial charge on any atom is 0.251 e. The molecule has 1 spiro atoms. The Morgan fingerprint density at radius 1 is 1.21 bits per heavy atom. The number of alkyl halides is 2. The Hall–Kier alpha value is -0.260. The SMILES string of the molecule is NCCN(CC(F)F)CC1CCC2(CCCCC2)O1. The van der Waals surface area contributed by atoms with E-state index in [1.807, 2.05) is 0 Å². The van der Waals surface area contributed by atoms with E-state index in [0.717, 1.165) is 25.7 Å². The van der Waals surface area contributed by atoms with Crippen LogP contribution in [0.4, 0.5) is 8.78 Å². The standard InChI is InChI=1S/C14H26F2N2O/c15-13(16)11-18(9-8-17)10-12-4-7-14(19-12)5-2-1-3-6-14/h12-13H,1-11,17H2. The summed E-state index contributed by atoms with van der Waals surface area (Å²) in [7, 11) is 0. The summed E-state index contributed by atoms with van der Waals surface area (Å²) in [4.78, 5) is 1.75. The number of rotatable bonds is 6. The van der Waals surface area contributed by atoms with Crippen LogP contribution >= 0.6 is 0 Å². The van der Waals surface area contributed by atoms with Gasteiger partial charge in [-0.05, 0) is 25.7 Å². The van der Waals surface area contributed by atoms with Crippen molar-refractivity contribution in [1.82, 2.24) is 4.90 Å². The Morgan fingerprint density at radius 3 is 2.58 bits per heavy atom. The molecular weight excluding hydrogens is 250 g/mol. The molecule has 0 aromatic rings. The van der Waals surface area contributed by atoms with Crippen LogP contribution in [0.5, 0.6) is 0 Å². The molecule has 0 aromatic carbocycles. The minimum atomic E-state index is -2.29. The first kappa shape index (κ1) is 15.1. The highest BCUT2D eigenvalue weighted by Crippen LogP contribution is 2.41. The fourth-order valence-corrected chi connectivity index (χ4v) is 3.51. The molecule has 1 saturated carbocycles. The van der Waals surface area contributed by atoms with Crippen LogP contribution in [0.15, 0.2) is 0 Å². The Labute approximate surface area is 114 Å². The van der Waals surface area contributed by atoms with E-state index in [-0.39, 0.29) is 18.2 Å². The number of nitrogens with two attached hydrogens (primary N) is 1. The van der Waals surface area contributed by atoms with Crippen LogP contribution in [0.25, 0.3) is 0 Å². The lowest BCUT2D eigenvalue weighted by Gasteiger charge is -2.34. The number of halogens is 2. The Morgan fingerprint density at radius 2 is 1.95 bits per heavy atom. The quantitative estimate of drug-likeness (QED) is 0.809. The molecule has 0 amide bonds. The van der Waals surface area contributed by atoms with E-state index in [2.05, 4.69) is 0 Å². The number of ether oxygens (including phenoxy) is 1. The van der Waals surface area contributed by atoms with Crippen molar-refractivity contribution in [3.63, 3.8) is 0 Å². The molecular formula is C14H26F2N2O. The average molecular weight is 276 g/mol. The van der Waals surface area contributed by atoms with Gasteiger partial charge in [-0.2, -0.15) is 0 Å². The lowest BCUT2D eigenvalue weighted by atomic mass is 9.83. The molecule has 0 bridgehead atoms. The molecule has 2 rings (SSSR count). The predicted molar refractivity (Wildman–Crippen MR) is 71.4 cm³/mol. The van der Waals surface area contributed by atoms with Gasteiger partial charge in [0.25, 0.3) is 6.43 Å². The van der Waals surface area contributed by atoms with Crippen molar-refractivity contribution in [1.29, 1.82) is 0 Å². The minimum Gasteiger partial charge on any atom is -0.370 e. The van der Waals surface area contributed by atoms with Crippen LogP contribution in [0, 0.1) is 0 Å². The highest BCUT2D eigenvalue weighted by Gasteiger charge is 2.41. The summed E-state index contributed by atoms with van der Waals surface area (Å²) in [5.41, 5.74) is 5.56. The van der Waals surface area contributed by atoms with Gasteiger partial charge in [0.15, 0.2) is 0 Å². The molecule has 2 fully saturated rings. The summed E-state index contributed by atoms with van der Waals surface area (Å²) in [6.45, 7) is 1.36. The van der Waals surface area contributed by atoms with Crippen molar-refractivity contribution in [3.8, 4) is 0 Å². The molecule has 0 radical (unpaired) electrons. The van der Waals surface area contributed by atoms with Crippen molar-refractivity contribution < 1.29 is 13.5 Å². The molecule has 2 aliphatic rings. The van der Waals surface area contributed by atoms with E-state index in [0.29, 0.717) is 19.6 Å². The maximum atomic E-state index is 12.5. The molecule has 1 heterocycles. The first-order chi connectivity index (χ1) is 9.13. The first-order valence-corrected chi connectivity index (χ1v) is 7.52. The summed E-state index contributed by atoms with van der Waals surface area (Å²) < 4.78 is 31.2. The lowest BCUT2D eigenvalue weighted by molar-refractivity contribution is -0.0743. The number of nitrogens with zero attached hydrogens (tertiary/aromatic N) is 1. The maximum absolute atomic E-state index is 12.5. The zero-order valence-corrected chi connectivity index (χ0v) is 11.6. The molecule has 5 heteroatoms. The largest absolute Gasteiger partial charge is 0.370 e. The third kappa shape index (κ3) is 4.36. The van der Waals surface area contributed by atoms with E-state index >= 15 is 0 Å². The fourth-order valence-electron chi connectivity index (χ4n) is 3.51. The normalized spacial score (nSPS) is 26.7. The molecule has 1 atom stereocenters. The molecule has 1 aliphatic heterocycles. The van der Waals surface area contributed by atoms with Crippen LogP contribution in [-0.2, 0) is 4.74 Å². The second-order valence-corrected chi connectivity index (χ2v) is 5.96. The first-order valence-electron chi connectivity index (χ1n) is 7.52. The van der Waals surface area contributed by atoms with Gasteiger partial charge < -0.3 is 10.5 Å². The number of hydrogen-bond acceptors (Lipinski definition) is 3. The van der Waals surface area contributed by atoms with E-state index < -0.39 is 6.43 Å². The summed E-state index contributed by atoms with van der Waals surface area (Å²) in [5.74, 6) is 0. The zero-order chi connectivity index (χ0) is 13.7. The van der Waals surface area contributed by atoms with Crippen molar-refractivity contribution in [2.75, 3.05) is 26.2 Å². The van der Waals surface area contributed by atoms with Gasteiger partial charge in [0, 0.05) is 19.6 Å². The summed E-state index contributed by atoms with van der Waals surface area (Å²) in [6.07, 6.45) is 6.02. The predicted octanol–water partition coefficient (Wildman–Crippen LogP) is 2.39. The van der Waals surface area contributed by atoms with E-state index in [4.69, 9.17) is 10.5 Å². The smallest absolute Gasteiger partial charge is 0.251 e. The Kier molecular flexibility index (Phi) is 5.54. The van der Waals surface area contributed by atoms with E-state index in [9.17, 15) is 8.78 Å². The second kappa shape index (κ2) is 6.95. The van der Waals surface area contributed by atoms with Gasteiger partial charge in [0.2, 0.25) is 0 Å². The third-order valence-corrected chi connectivity index (χ3v) is 4.41. The van der Waals surface area contributed by atoms with Crippen LogP contribution in [0.2, 0.25) is 0 Å². The van der Waals surface area contributed by atoms with E-state index in [1.54, 1.807) is 4.90 Å². The highest BCUT2D eigenvalue weighted by molar-refractivity contribution is 4.92. The van der Waals surface area contributed by atoms with Crippen molar-refractivity contribution in [2.45, 2.75) is 63.1 Å². The molecule has 112 valence electrons. The lowest BCUT2D eigenvalue weighted by Crippen LogP contribution is -2.40. The van der Waals surface area contributed by atoms with Gasteiger partial charge >= 0.3 is 0 Å². The zero-order valence-electron chi connectivity index (χ0n) is 11.6. The average Bonchev–Trinajstić information content (AvgIpc) is 2.72. The van der Waals surface area contributed by atoms with Crippen LogP contribution in [0.3, 0.4) is 0 Å². The van der Waals surface area contributed by atoms with Gasteiger partial charge in [-0.15, -0.1) is 0 Å². The van der Waals surface area contributed by atoms with E-state index in [1.165, 1.54) is 19.3 Å². The van der Waals surface area contributed by atoms with Crippen molar-refractivity contribution in [3.05, 3.63) is 0 Å². The molecule has 3 nitrogen and oxygen atoms in total. The molecule has 1 aliphatic carbocycles. The fraction of sp³-hybridized carbons (Fsp3) is 1.00. The van der Waals surface area contributed by atoms with Gasteiger partial charge in [0.05, 0.1) is 18.2 Å². The Bertz CT molecular complexity index is 270. The Balaban J connectivity index is 1.81. The second-order valence-electron chi connectivity index (χ2n) is 5.96. The molecule has 2 N–H and O–H groups in total. The monoisotopic (exact) mass is 276 g/mol. The third-order valence-electron chi connectivity index (χ3n) is 4.41. The molecule has 1 unspecified atom stereocenters. The number of hydrogen-bond donors (Lipinski definition) is 1. The van der Waals surface area contributed by atoms with Gasteiger partial charge in [-0.1, -0.05) is 19.3 Å². The molecule has 1 saturated heterocycles. The van der Waals surface area contributed by atoms with Crippen LogP contribution < -0.4 is 5.73 Å².